The van der Waals surface area contributed by atoms with Crippen LogP contribution in [0.2, 0.25) is 0 Å². The summed E-state index contributed by atoms with van der Waals surface area (Å²) in [6.45, 7) is 1.33. The molecule has 0 saturated heterocycles. The van der Waals surface area contributed by atoms with Crippen LogP contribution in [0.1, 0.15) is 23.1 Å². The van der Waals surface area contributed by atoms with Gasteiger partial charge in [0.05, 0.1) is 17.5 Å². The fourth-order valence-electron chi connectivity index (χ4n) is 1.56. The van der Waals surface area contributed by atoms with Crippen LogP contribution in [-0.4, -0.2) is 30.9 Å². The summed E-state index contributed by atoms with van der Waals surface area (Å²) in [6, 6.07) is 3.83. The average molecular weight is 277 g/mol. The molecule has 0 aliphatic heterocycles. The van der Waals surface area contributed by atoms with Crippen LogP contribution >= 0.6 is 0 Å². The Balaban J connectivity index is 2.22. The lowest BCUT2D eigenvalue weighted by Gasteiger charge is -2.07. The number of rotatable bonds is 5. The third-order valence-corrected chi connectivity index (χ3v) is 2.46. The molecule has 0 aliphatic carbocycles. The van der Waals surface area contributed by atoms with E-state index in [0.717, 1.165) is 0 Å². The second-order valence-corrected chi connectivity index (χ2v) is 3.98. The van der Waals surface area contributed by atoms with Crippen LogP contribution in [0.4, 0.5) is 5.69 Å². The molecule has 0 fully saturated rings. The molecule has 20 heavy (non-hydrogen) atoms. The normalized spacial score (nSPS) is 10.3. The van der Waals surface area contributed by atoms with Crippen molar-refractivity contribution in [3.8, 4) is 5.75 Å². The fourth-order valence-corrected chi connectivity index (χ4v) is 1.56. The van der Waals surface area contributed by atoms with Gasteiger partial charge >= 0.3 is 0 Å². The highest BCUT2D eigenvalue weighted by Crippen LogP contribution is 2.25. The van der Waals surface area contributed by atoms with Crippen molar-refractivity contribution in [1.29, 1.82) is 0 Å². The van der Waals surface area contributed by atoms with Crippen molar-refractivity contribution in [2.24, 2.45) is 7.05 Å². The first-order chi connectivity index (χ1) is 9.47. The van der Waals surface area contributed by atoms with Gasteiger partial charge in [-0.15, -0.1) is 10.2 Å². The number of hydrogen-bond acceptors (Lipinski definition) is 7. The molecule has 9 nitrogen and oxygen atoms in total. The number of non-ortho nitro benzene ring substituents is 1. The zero-order valence-electron chi connectivity index (χ0n) is 10.8. The largest absolute Gasteiger partial charge is 0.485 e. The van der Waals surface area contributed by atoms with E-state index in [-0.39, 0.29) is 29.4 Å². The van der Waals surface area contributed by atoms with Crippen molar-refractivity contribution in [3.63, 3.8) is 0 Å². The van der Waals surface area contributed by atoms with Gasteiger partial charge in [0.15, 0.2) is 12.4 Å². The van der Waals surface area contributed by atoms with E-state index in [1.807, 2.05) is 0 Å². The van der Waals surface area contributed by atoms with Crippen molar-refractivity contribution in [1.82, 2.24) is 20.2 Å². The summed E-state index contributed by atoms with van der Waals surface area (Å²) in [6.07, 6.45) is 0. The first-order valence-corrected chi connectivity index (χ1v) is 5.62. The summed E-state index contributed by atoms with van der Waals surface area (Å²) in [4.78, 5) is 22.9. The van der Waals surface area contributed by atoms with E-state index in [1.54, 1.807) is 7.05 Å². The fraction of sp³-hybridized carbons (Fsp3) is 0.273. The number of carbonyl (C=O) groups excluding carboxylic acids is 1. The van der Waals surface area contributed by atoms with Crippen LogP contribution in [0.15, 0.2) is 18.2 Å². The van der Waals surface area contributed by atoms with Gasteiger partial charge in [-0.2, -0.15) is 4.80 Å². The van der Waals surface area contributed by atoms with Gasteiger partial charge in [0.1, 0.15) is 5.75 Å². The van der Waals surface area contributed by atoms with E-state index >= 15 is 0 Å². The first-order valence-electron chi connectivity index (χ1n) is 5.62. The van der Waals surface area contributed by atoms with Crippen LogP contribution < -0.4 is 4.74 Å². The molecule has 9 heteroatoms. The maximum Gasteiger partial charge on any atom is 0.270 e. The van der Waals surface area contributed by atoms with Gasteiger partial charge < -0.3 is 4.74 Å². The molecule has 0 aliphatic rings. The van der Waals surface area contributed by atoms with Crippen molar-refractivity contribution in [2.75, 3.05) is 0 Å². The molecule has 1 heterocycles. The Bertz CT molecular complexity index is 667. The topological polar surface area (TPSA) is 113 Å². The summed E-state index contributed by atoms with van der Waals surface area (Å²) >= 11 is 0. The Morgan fingerprint density at radius 1 is 1.50 bits per heavy atom. The van der Waals surface area contributed by atoms with E-state index in [2.05, 4.69) is 15.4 Å². The molecular formula is C11H11N5O4. The summed E-state index contributed by atoms with van der Waals surface area (Å²) in [7, 11) is 1.61. The molecule has 0 bridgehead atoms. The Morgan fingerprint density at radius 2 is 2.25 bits per heavy atom. The lowest BCUT2D eigenvalue weighted by Crippen LogP contribution is -2.04. The van der Waals surface area contributed by atoms with E-state index in [0.29, 0.717) is 5.82 Å². The number of ether oxygens (including phenoxy) is 1. The van der Waals surface area contributed by atoms with Crippen molar-refractivity contribution in [3.05, 3.63) is 39.7 Å². The maximum absolute atomic E-state index is 11.5. The second kappa shape index (κ2) is 5.43. The highest BCUT2D eigenvalue weighted by Gasteiger charge is 2.15. The lowest BCUT2D eigenvalue weighted by molar-refractivity contribution is -0.384. The quantitative estimate of drug-likeness (QED) is 0.453. The highest BCUT2D eigenvalue weighted by atomic mass is 16.6. The number of Topliss-reactive ketones (excluding diaryl/α,β-unsaturated/α-hetero) is 1. The van der Waals surface area contributed by atoms with E-state index in [1.165, 1.54) is 29.9 Å². The minimum absolute atomic E-state index is 0.0198. The van der Waals surface area contributed by atoms with Gasteiger partial charge in [-0.1, -0.05) is 0 Å². The molecule has 2 rings (SSSR count). The summed E-state index contributed by atoms with van der Waals surface area (Å²) < 4.78 is 5.41. The predicted octanol–water partition coefficient (Wildman–Crippen LogP) is 0.900. The lowest BCUT2D eigenvalue weighted by atomic mass is 10.1. The van der Waals surface area contributed by atoms with Crippen molar-refractivity contribution in [2.45, 2.75) is 13.5 Å². The Labute approximate surface area is 113 Å². The summed E-state index contributed by atoms with van der Waals surface area (Å²) in [5.41, 5.74) is -0.0248. The molecule has 1 aromatic carbocycles. The van der Waals surface area contributed by atoms with E-state index in [9.17, 15) is 14.9 Å². The zero-order valence-corrected chi connectivity index (χ0v) is 10.8. The third-order valence-electron chi connectivity index (χ3n) is 2.46. The number of aromatic nitrogens is 4. The Hall–Kier alpha value is -2.84. The third kappa shape index (κ3) is 2.94. The van der Waals surface area contributed by atoms with Crippen LogP contribution in [0.5, 0.6) is 5.75 Å². The number of benzene rings is 1. The molecule has 0 unspecified atom stereocenters. The van der Waals surface area contributed by atoms with Crippen molar-refractivity contribution < 1.29 is 14.5 Å². The monoisotopic (exact) mass is 277 g/mol. The summed E-state index contributed by atoms with van der Waals surface area (Å²) in [5, 5.41) is 22.0. The van der Waals surface area contributed by atoms with Gasteiger partial charge in [-0.3, -0.25) is 14.9 Å². The minimum Gasteiger partial charge on any atom is -0.485 e. The van der Waals surface area contributed by atoms with Crippen LogP contribution in [0, 0.1) is 10.1 Å². The standard InChI is InChI=1S/C11H11N5O4/c1-7(17)9-5-8(16(18)19)3-4-10(9)20-6-11-12-14-15(2)13-11/h3-5H,6H2,1-2H3. The number of tetrazole rings is 1. The Kier molecular flexibility index (Phi) is 3.69. The van der Waals surface area contributed by atoms with Gasteiger partial charge in [-0.25, -0.2) is 0 Å². The minimum atomic E-state index is -0.569. The number of carbonyl (C=O) groups is 1. The van der Waals surface area contributed by atoms with Crippen molar-refractivity contribution >= 4 is 11.5 Å². The van der Waals surface area contributed by atoms with Crippen LogP contribution in [0.3, 0.4) is 0 Å². The number of ketones is 1. The molecule has 0 atom stereocenters. The number of nitro benzene ring substituents is 1. The van der Waals surface area contributed by atoms with E-state index < -0.39 is 4.92 Å². The average Bonchev–Trinajstić information content (AvgIpc) is 2.81. The van der Waals surface area contributed by atoms with Gasteiger partial charge in [-0.05, 0) is 18.2 Å². The molecule has 0 saturated carbocycles. The van der Waals surface area contributed by atoms with E-state index in [4.69, 9.17) is 4.74 Å². The first kappa shape index (κ1) is 13.6. The molecule has 2 aromatic rings. The number of nitrogens with zero attached hydrogens (tertiary/aromatic N) is 5. The van der Waals surface area contributed by atoms with Crippen LogP contribution in [0.25, 0.3) is 0 Å². The number of aryl methyl sites for hydroxylation is 1. The summed E-state index contributed by atoms with van der Waals surface area (Å²) in [5.74, 6) is 0.270. The smallest absolute Gasteiger partial charge is 0.270 e. The molecular weight excluding hydrogens is 266 g/mol. The molecule has 0 N–H and O–H groups in total. The number of hydrogen-bond donors (Lipinski definition) is 0. The number of nitro groups is 1. The predicted molar refractivity (Wildman–Crippen MR) is 66.2 cm³/mol. The van der Waals surface area contributed by atoms with Crippen LogP contribution in [-0.2, 0) is 13.7 Å². The second-order valence-electron chi connectivity index (χ2n) is 3.98. The zero-order chi connectivity index (χ0) is 14.7. The molecule has 0 amide bonds. The molecule has 0 radical (unpaired) electrons. The maximum atomic E-state index is 11.5. The molecule has 104 valence electrons. The molecule has 1 aromatic heterocycles. The molecule has 0 spiro atoms. The SMILES string of the molecule is CC(=O)c1cc([N+](=O)[O-])ccc1OCc1nnn(C)n1. The Morgan fingerprint density at radius 3 is 2.80 bits per heavy atom. The van der Waals surface area contributed by atoms with Gasteiger partial charge in [0.2, 0.25) is 5.82 Å². The highest BCUT2D eigenvalue weighted by molar-refractivity contribution is 5.97. The van der Waals surface area contributed by atoms with Gasteiger partial charge in [0, 0.05) is 12.1 Å². The van der Waals surface area contributed by atoms with Gasteiger partial charge in [0.25, 0.3) is 5.69 Å².